The molecule has 0 nitrogen and oxygen atoms in total. The summed E-state index contributed by atoms with van der Waals surface area (Å²) >= 11 is 0. The summed E-state index contributed by atoms with van der Waals surface area (Å²) in [6, 6.07) is 0. The molecule has 0 N–H and O–H groups in total. The van der Waals surface area contributed by atoms with Crippen LogP contribution in [-0.4, -0.2) is 0 Å². The molecule has 33 heavy (non-hydrogen) atoms. The first-order valence-corrected chi connectivity index (χ1v) is 12.8. The zero-order chi connectivity index (χ0) is 25.7. The van der Waals surface area contributed by atoms with Crippen molar-refractivity contribution in [2.24, 2.45) is 29.6 Å². The van der Waals surface area contributed by atoms with E-state index in [1.807, 2.05) is 20.8 Å². The van der Waals surface area contributed by atoms with Crippen LogP contribution in [0.1, 0.15) is 93.4 Å². The molecule has 0 amide bonds. The molecule has 0 bridgehead atoms. The molecule has 0 fully saturated rings. The summed E-state index contributed by atoms with van der Waals surface area (Å²) in [5.41, 5.74) is 2.62. The fourth-order valence-corrected chi connectivity index (χ4v) is 3.58. The van der Waals surface area contributed by atoms with E-state index in [9.17, 15) is 8.78 Å². The van der Waals surface area contributed by atoms with Gasteiger partial charge < -0.3 is 0 Å². The van der Waals surface area contributed by atoms with Crippen LogP contribution in [0.15, 0.2) is 72.4 Å². The average Bonchev–Trinajstić information content (AvgIpc) is 2.77. The van der Waals surface area contributed by atoms with Crippen LogP contribution < -0.4 is 0 Å². The first-order valence-electron chi connectivity index (χ1n) is 12.8. The summed E-state index contributed by atoms with van der Waals surface area (Å²) < 4.78 is 29.4. The highest BCUT2D eigenvalue weighted by Crippen LogP contribution is 2.31. The minimum Gasteiger partial charge on any atom is -0.207 e. The number of allylic oxidation sites excluding steroid dienone is 8. The highest BCUT2D eigenvalue weighted by Gasteiger charge is 2.17. The van der Waals surface area contributed by atoms with Gasteiger partial charge in [0.25, 0.3) is 0 Å². The third-order valence-corrected chi connectivity index (χ3v) is 6.89. The molecule has 0 saturated carbocycles. The van der Waals surface area contributed by atoms with Gasteiger partial charge in [-0.15, -0.1) is 0 Å². The molecule has 4 atom stereocenters. The molecule has 0 aliphatic carbocycles. The maximum atomic E-state index is 14.7. The normalized spacial score (nSPS) is 16.3. The highest BCUT2D eigenvalue weighted by molar-refractivity contribution is 5.33. The van der Waals surface area contributed by atoms with Crippen LogP contribution in [0.4, 0.5) is 8.78 Å². The van der Waals surface area contributed by atoms with Crippen molar-refractivity contribution < 1.29 is 8.78 Å². The molecule has 0 rings (SSSR count). The minimum absolute atomic E-state index is 0.00454. The van der Waals surface area contributed by atoms with Crippen molar-refractivity contribution in [2.45, 2.75) is 93.4 Å². The van der Waals surface area contributed by atoms with Crippen molar-refractivity contribution in [2.75, 3.05) is 0 Å². The van der Waals surface area contributed by atoms with Gasteiger partial charge in [0.1, 0.15) is 11.7 Å². The third kappa shape index (κ3) is 12.4. The predicted octanol–water partition coefficient (Wildman–Crippen LogP) is 10.9. The van der Waals surface area contributed by atoms with Crippen LogP contribution in [0, 0.1) is 29.6 Å². The van der Waals surface area contributed by atoms with Gasteiger partial charge in [-0.1, -0.05) is 94.0 Å². The second-order valence-corrected chi connectivity index (χ2v) is 10.5. The molecule has 0 aliphatic heterocycles. The number of halogens is 2. The van der Waals surface area contributed by atoms with Crippen molar-refractivity contribution in [3.8, 4) is 0 Å². The fraction of sp³-hybridized carbons (Fsp3) is 0.613. The Kier molecular flexibility index (Phi) is 15.2. The molecule has 2 heteroatoms. The zero-order valence-electron chi connectivity index (χ0n) is 22.6. The topological polar surface area (TPSA) is 0 Å². The third-order valence-electron chi connectivity index (χ3n) is 6.89. The van der Waals surface area contributed by atoms with Crippen LogP contribution >= 0.6 is 0 Å². The molecule has 0 heterocycles. The minimum atomic E-state index is -0.278. The highest BCUT2D eigenvalue weighted by atomic mass is 19.1. The van der Waals surface area contributed by atoms with Gasteiger partial charge in [0.05, 0.1) is 0 Å². The van der Waals surface area contributed by atoms with Crippen LogP contribution in [0.3, 0.4) is 0 Å². The van der Waals surface area contributed by atoms with Crippen LogP contribution in [-0.2, 0) is 0 Å². The van der Waals surface area contributed by atoms with Crippen molar-refractivity contribution in [3.05, 3.63) is 72.4 Å². The quantitative estimate of drug-likeness (QED) is 0.189. The van der Waals surface area contributed by atoms with Gasteiger partial charge in [-0.25, -0.2) is 8.78 Å². The van der Waals surface area contributed by atoms with E-state index in [2.05, 4.69) is 54.0 Å². The van der Waals surface area contributed by atoms with E-state index in [0.717, 1.165) is 56.1 Å². The molecule has 188 valence electrons. The lowest BCUT2D eigenvalue weighted by atomic mass is 9.87. The molecular formula is C31H50F2. The van der Waals surface area contributed by atoms with Gasteiger partial charge in [-0.05, 0) is 89.7 Å². The van der Waals surface area contributed by atoms with E-state index < -0.39 is 0 Å². The van der Waals surface area contributed by atoms with Crippen molar-refractivity contribution >= 4 is 0 Å². The number of rotatable bonds is 17. The maximum Gasteiger partial charge on any atom is 0.126 e. The largest absolute Gasteiger partial charge is 0.207 e. The summed E-state index contributed by atoms with van der Waals surface area (Å²) in [6.07, 6.45) is 9.89. The fourth-order valence-electron chi connectivity index (χ4n) is 3.58. The van der Waals surface area contributed by atoms with Gasteiger partial charge in [-0.2, -0.15) is 0 Å². The molecule has 4 unspecified atom stereocenters. The molecule has 0 saturated heterocycles. The summed E-state index contributed by atoms with van der Waals surface area (Å²) in [7, 11) is 0. The van der Waals surface area contributed by atoms with Crippen LogP contribution in [0.5, 0.6) is 0 Å². The SMILES string of the molecule is C=C(/C=C(/F)C(=C)C(C)CCC(C)C(=C)/C=C(/F)C(=C)C(C)CCC(C)C)C(C)CCCC. The lowest BCUT2D eigenvalue weighted by Crippen LogP contribution is -2.06. The molecule has 0 aromatic carbocycles. The Hall–Kier alpha value is -1.70. The van der Waals surface area contributed by atoms with E-state index in [0.29, 0.717) is 17.1 Å². The predicted molar refractivity (Wildman–Crippen MR) is 144 cm³/mol. The smallest absolute Gasteiger partial charge is 0.126 e. The Morgan fingerprint density at radius 3 is 1.36 bits per heavy atom. The van der Waals surface area contributed by atoms with E-state index in [1.165, 1.54) is 6.08 Å². The Labute approximate surface area is 204 Å². The van der Waals surface area contributed by atoms with Gasteiger partial charge >= 0.3 is 0 Å². The van der Waals surface area contributed by atoms with E-state index >= 15 is 0 Å². The van der Waals surface area contributed by atoms with Crippen molar-refractivity contribution in [1.29, 1.82) is 0 Å². The zero-order valence-corrected chi connectivity index (χ0v) is 22.6. The monoisotopic (exact) mass is 460 g/mol. The second-order valence-electron chi connectivity index (χ2n) is 10.5. The molecule has 0 aromatic heterocycles. The van der Waals surface area contributed by atoms with Gasteiger partial charge in [0.15, 0.2) is 0 Å². The van der Waals surface area contributed by atoms with Gasteiger partial charge in [-0.3, -0.25) is 0 Å². The van der Waals surface area contributed by atoms with Gasteiger partial charge in [0, 0.05) is 0 Å². The van der Waals surface area contributed by atoms with Crippen molar-refractivity contribution in [1.82, 2.24) is 0 Å². The first-order chi connectivity index (χ1) is 15.3. The van der Waals surface area contributed by atoms with E-state index in [1.54, 1.807) is 6.08 Å². The number of hydrogen-bond acceptors (Lipinski definition) is 0. The Bertz CT molecular complexity index is 719. The van der Waals surface area contributed by atoms with E-state index in [4.69, 9.17) is 0 Å². The van der Waals surface area contributed by atoms with Crippen LogP contribution in [0.2, 0.25) is 0 Å². The maximum absolute atomic E-state index is 14.7. The summed E-state index contributed by atoms with van der Waals surface area (Å²) in [5, 5.41) is 0. The molecule has 0 radical (unpaired) electrons. The molecule has 0 aliphatic rings. The Morgan fingerprint density at radius 2 is 0.970 bits per heavy atom. The summed E-state index contributed by atoms with van der Waals surface area (Å²) in [6.45, 7) is 30.7. The molecule has 0 aromatic rings. The molecular weight excluding hydrogens is 410 g/mol. The number of unbranched alkanes of at least 4 members (excludes halogenated alkanes) is 1. The van der Waals surface area contributed by atoms with Crippen molar-refractivity contribution in [3.63, 3.8) is 0 Å². The Morgan fingerprint density at radius 1 is 0.606 bits per heavy atom. The van der Waals surface area contributed by atoms with Crippen LogP contribution in [0.25, 0.3) is 0 Å². The standard InChI is InChI=1S/C31H50F2/c1-12-13-14-22(4)26(8)19-30(32)29(11)25(7)18-17-23(5)27(9)20-31(33)28(10)24(6)16-15-21(2)3/h19-25H,8-18H2,1-7H3/b30-19+,31-20+. The second kappa shape index (κ2) is 16.0. The first kappa shape index (κ1) is 31.3. The average molecular weight is 461 g/mol. The Balaban J connectivity index is 4.81. The summed E-state index contributed by atoms with van der Waals surface area (Å²) in [4.78, 5) is 0. The molecule has 0 spiro atoms. The lowest BCUT2D eigenvalue weighted by molar-refractivity contribution is 0.476. The number of hydrogen-bond donors (Lipinski definition) is 0. The lowest BCUT2D eigenvalue weighted by Gasteiger charge is -2.19. The van der Waals surface area contributed by atoms with Gasteiger partial charge in [0.2, 0.25) is 0 Å². The summed E-state index contributed by atoms with van der Waals surface area (Å²) in [5.74, 6) is 0.526. The van der Waals surface area contributed by atoms with E-state index in [-0.39, 0.29) is 35.3 Å².